The molecule has 0 bridgehead atoms. The third-order valence-electron chi connectivity index (χ3n) is 6.42. The summed E-state index contributed by atoms with van der Waals surface area (Å²) in [5.74, 6) is -0.981. The molecule has 1 aromatic heterocycles. The summed E-state index contributed by atoms with van der Waals surface area (Å²) in [6.07, 6.45) is 2.45. The Morgan fingerprint density at radius 3 is 2.42 bits per heavy atom. The lowest BCUT2D eigenvalue weighted by atomic mass is 10.1. The van der Waals surface area contributed by atoms with Crippen LogP contribution in [0.4, 0.5) is 15.9 Å². The molecule has 2 amide bonds. The summed E-state index contributed by atoms with van der Waals surface area (Å²) in [5.41, 5.74) is 2.41. The zero-order chi connectivity index (χ0) is 28.6. The minimum absolute atomic E-state index is 0.143. The van der Waals surface area contributed by atoms with E-state index < -0.39 is 22.6 Å². The molecule has 0 saturated carbocycles. The fourth-order valence-corrected chi connectivity index (χ4v) is 4.28. The lowest BCUT2D eigenvalue weighted by Crippen LogP contribution is -2.39. The molecule has 1 N–H and O–H groups in total. The average molecular weight is 544 g/mol. The van der Waals surface area contributed by atoms with Crippen LogP contribution in [0.25, 0.3) is 16.9 Å². The molecule has 0 spiro atoms. The van der Waals surface area contributed by atoms with Gasteiger partial charge in [0.1, 0.15) is 18.2 Å². The van der Waals surface area contributed by atoms with E-state index in [-0.39, 0.29) is 17.8 Å². The van der Waals surface area contributed by atoms with Crippen molar-refractivity contribution in [3.63, 3.8) is 0 Å². The van der Waals surface area contributed by atoms with Crippen LogP contribution in [0.5, 0.6) is 0 Å². The van der Waals surface area contributed by atoms with Crippen molar-refractivity contribution in [3.8, 4) is 16.9 Å². The van der Waals surface area contributed by atoms with Gasteiger partial charge in [-0.2, -0.15) is 5.10 Å². The van der Waals surface area contributed by atoms with E-state index in [9.17, 15) is 24.1 Å². The second kappa shape index (κ2) is 12.8. The van der Waals surface area contributed by atoms with Crippen molar-refractivity contribution in [3.05, 3.63) is 106 Å². The van der Waals surface area contributed by atoms with Crippen molar-refractivity contribution in [1.29, 1.82) is 0 Å². The minimum atomic E-state index is -0.527. The number of amides is 2. The maximum atomic E-state index is 13.6. The van der Waals surface area contributed by atoms with E-state index in [0.29, 0.717) is 35.7 Å². The molecule has 9 nitrogen and oxygen atoms in total. The van der Waals surface area contributed by atoms with Gasteiger partial charge in [0.25, 0.3) is 11.6 Å². The Hall–Kier alpha value is -4.86. The van der Waals surface area contributed by atoms with Gasteiger partial charge in [0.2, 0.25) is 5.91 Å². The number of hydrogen-bond acceptors (Lipinski definition) is 5. The van der Waals surface area contributed by atoms with Crippen LogP contribution in [-0.2, 0) is 4.79 Å². The van der Waals surface area contributed by atoms with Gasteiger partial charge in [-0.1, -0.05) is 56.2 Å². The van der Waals surface area contributed by atoms with Crippen molar-refractivity contribution < 1.29 is 18.9 Å². The number of halogens is 1. The summed E-state index contributed by atoms with van der Waals surface area (Å²) in [7, 11) is 0. The van der Waals surface area contributed by atoms with Crippen LogP contribution in [0.3, 0.4) is 0 Å². The fraction of sp³-hybridized carbons (Fsp3) is 0.233. The number of benzene rings is 3. The first-order valence-electron chi connectivity index (χ1n) is 13.0. The molecule has 10 heteroatoms. The Balaban J connectivity index is 1.61. The molecule has 1 heterocycles. The Kier molecular flexibility index (Phi) is 9.00. The highest BCUT2D eigenvalue weighted by atomic mass is 19.1. The van der Waals surface area contributed by atoms with E-state index in [2.05, 4.69) is 10.4 Å². The van der Waals surface area contributed by atoms with Crippen molar-refractivity contribution in [2.24, 2.45) is 0 Å². The molecular weight excluding hydrogens is 513 g/mol. The molecule has 0 fully saturated rings. The van der Waals surface area contributed by atoms with E-state index in [1.54, 1.807) is 25.1 Å². The van der Waals surface area contributed by atoms with E-state index in [1.807, 2.05) is 37.3 Å². The van der Waals surface area contributed by atoms with Crippen LogP contribution in [0, 0.1) is 22.9 Å². The van der Waals surface area contributed by atoms with Crippen molar-refractivity contribution in [2.45, 2.75) is 33.1 Å². The first-order valence-corrected chi connectivity index (χ1v) is 13.0. The minimum Gasteiger partial charge on any atom is -0.329 e. The molecule has 3 aromatic carbocycles. The normalized spacial score (nSPS) is 10.8. The Morgan fingerprint density at radius 1 is 1.02 bits per heavy atom. The number of rotatable bonds is 11. The Morgan fingerprint density at radius 2 is 1.75 bits per heavy atom. The van der Waals surface area contributed by atoms with E-state index in [0.717, 1.165) is 18.4 Å². The topological polar surface area (TPSA) is 110 Å². The maximum absolute atomic E-state index is 13.6. The number of anilines is 1. The van der Waals surface area contributed by atoms with Gasteiger partial charge >= 0.3 is 0 Å². The Bertz CT molecular complexity index is 1500. The first-order chi connectivity index (χ1) is 19.3. The standard InChI is InChI=1S/C30H30FN5O4/c1-3-4-8-17-34(30(38)23-12-11-21(2)27(18-23)36(39)40)20-29(37)32-28-19-26(22-9-6-5-7-10-22)33-35(28)25-15-13-24(31)14-16-25/h5-7,9-16,18-19H,3-4,8,17,20H2,1-2H3,(H,32,37). The van der Waals surface area contributed by atoms with Gasteiger partial charge in [-0.3, -0.25) is 19.7 Å². The average Bonchev–Trinajstić information content (AvgIpc) is 3.36. The number of nitro benzene ring substituents is 1. The van der Waals surface area contributed by atoms with Gasteiger partial charge in [-0.05, 0) is 43.7 Å². The highest BCUT2D eigenvalue weighted by Crippen LogP contribution is 2.25. The quantitative estimate of drug-likeness (QED) is 0.138. The van der Waals surface area contributed by atoms with E-state index in [1.165, 1.54) is 39.9 Å². The smallest absolute Gasteiger partial charge is 0.273 e. The predicted molar refractivity (Wildman–Crippen MR) is 151 cm³/mol. The molecule has 0 unspecified atom stereocenters. The number of unbranched alkanes of at least 4 members (excludes halogenated alkanes) is 2. The van der Waals surface area contributed by atoms with E-state index >= 15 is 0 Å². The van der Waals surface area contributed by atoms with Gasteiger partial charge in [0, 0.05) is 35.4 Å². The number of nitro groups is 1. The first kappa shape index (κ1) is 28.2. The highest BCUT2D eigenvalue weighted by molar-refractivity contribution is 5.99. The van der Waals surface area contributed by atoms with Crippen molar-refractivity contribution in [1.82, 2.24) is 14.7 Å². The summed E-state index contributed by atoms with van der Waals surface area (Å²) >= 11 is 0. The van der Waals surface area contributed by atoms with Crippen molar-refractivity contribution >= 4 is 23.3 Å². The third kappa shape index (κ3) is 6.76. The summed E-state index contributed by atoms with van der Waals surface area (Å²) < 4.78 is 15.1. The second-order valence-corrected chi connectivity index (χ2v) is 9.41. The zero-order valence-corrected chi connectivity index (χ0v) is 22.3. The molecule has 0 aliphatic heterocycles. The monoisotopic (exact) mass is 543 g/mol. The maximum Gasteiger partial charge on any atom is 0.273 e. The molecule has 40 heavy (non-hydrogen) atoms. The number of hydrogen-bond donors (Lipinski definition) is 1. The number of carbonyl (C=O) groups excluding carboxylic acids is 2. The van der Waals surface area contributed by atoms with Crippen LogP contribution in [0.1, 0.15) is 42.1 Å². The third-order valence-corrected chi connectivity index (χ3v) is 6.42. The molecule has 0 aliphatic rings. The summed E-state index contributed by atoms with van der Waals surface area (Å²) in [6.45, 7) is 3.68. The van der Waals surface area contributed by atoms with Gasteiger partial charge in [0.05, 0.1) is 16.3 Å². The summed E-state index contributed by atoms with van der Waals surface area (Å²) in [4.78, 5) is 39.0. The van der Waals surface area contributed by atoms with Crippen molar-refractivity contribution in [2.75, 3.05) is 18.4 Å². The molecule has 4 rings (SSSR count). The highest BCUT2D eigenvalue weighted by Gasteiger charge is 2.23. The number of aryl methyl sites for hydroxylation is 1. The predicted octanol–water partition coefficient (Wildman–Crippen LogP) is 6.17. The SMILES string of the molecule is CCCCCN(CC(=O)Nc1cc(-c2ccccc2)nn1-c1ccc(F)cc1)C(=O)c1ccc(C)c([N+](=O)[O-])c1. The van der Waals surface area contributed by atoms with Crippen LogP contribution in [0.15, 0.2) is 78.9 Å². The lowest BCUT2D eigenvalue weighted by Gasteiger charge is -2.22. The van der Waals surface area contributed by atoms with E-state index in [4.69, 9.17) is 0 Å². The number of aromatic nitrogens is 2. The Labute approximate surface area is 231 Å². The molecular formula is C30H30FN5O4. The number of nitrogens with zero attached hydrogens (tertiary/aromatic N) is 4. The summed E-state index contributed by atoms with van der Waals surface area (Å²) in [6, 6.07) is 21.1. The fourth-order valence-electron chi connectivity index (χ4n) is 4.28. The van der Waals surface area contributed by atoms with Crippen LogP contribution in [-0.4, -0.2) is 44.5 Å². The number of nitrogens with one attached hydrogen (secondary N) is 1. The molecule has 4 aromatic rings. The van der Waals surface area contributed by atoms with Crippen LogP contribution < -0.4 is 5.32 Å². The number of carbonyl (C=O) groups is 2. The molecule has 0 saturated heterocycles. The van der Waals surface area contributed by atoms with Gasteiger partial charge in [-0.15, -0.1) is 0 Å². The van der Waals surface area contributed by atoms with Crippen LogP contribution >= 0.6 is 0 Å². The summed E-state index contributed by atoms with van der Waals surface area (Å²) in [5, 5.41) is 18.9. The largest absolute Gasteiger partial charge is 0.329 e. The van der Waals surface area contributed by atoms with Gasteiger partial charge in [-0.25, -0.2) is 9.07 Å². The van der Waals surface area contributed by atoms with Gasteiger partial charge < -0.3 is 10.2 Å². The molecule has 206 valence electrons. The molecule has 0 atom stereocenters. The lowest BCUT2D eigenvalue weighted by molar-refractivity contribution is -0.385. The molecule has 0 radical (unpaired) electrons. The van der Waals surface area contributed by atoms with Gasteiger partial charge in [0.15, 0.2) is 0 Å². The zero-order valence-electron chi connectivity index (χ0n) is 22.3. The molecule has 0 aliphatic carbocycles. The second-order valence-electron chi connectivity index (χ2n) is 9.41. The van der Waals surface area contributed by atoms with Crippen LogP contribution in [0.2, 0.25) is 0 Å².